The summed E-state index contributed by atoms with van der Waals surface area (Å²) in [4.78, 5) is 11.7. The predicted molar refractivity (Wildman–Crippen MR) is 188 cm³/mol. The van der Waals surface area contributed by atoms with E-state index in [9.17, 15) is 15.0 Å². The molecule has 8 nitrogen and oxygen atoms in total. The zero-order valence-electron chi connectivity index (χ0n) is 27.7. The van der Waals surface area contributed by atoms with Crippen molar-refractivity contribution in [1.82, 2.24) is 10.6 Å². The van der Waals surface area contributed by atoms with Gasteiger partial charge in [0.2, 0.25) is 0 Å². The average Bonchev–Trinajstić information content (AvgIpc) is 3.09. The minimum Gasteiger partial charge on any atom is -0.493 e. The molecule has 1 aliphatic rings. The summed E-state index contributed by atoms with van der Waals surface area (Å²) < 4.78 is 12.3. The van der Waals surface area contributed by atoms with Crippen molar-refractivity contribution in [1.29, 1.82) is 5.26 Å². The Bertz CT molecular complexity index is 1840. The third kappa shape index (κ3) is 7.83. The molecular formula is C39H42ClN3O5. The van der Waals surface area contributed by atoms with Gasteiger partial charge in [-0.25, -0.2) is 0 Å². The minimum absolute atomic E-state index is 0.0822. The highest BCUT2D eigenvalue weighted by atomic mass is 35.5. The number of ether oxygens (including phenoxy) is 2. The Kier molecular flexibility index (Phi) is 11.4. The molecule has 0 radical (unpaired) electrons. The van der Waals surface area contributed by atoms with Gasteiger partial charge >= 0.3 is 5.97 Å². The minimum atomic E-state index is -1.54. The van der Waals surface area contributed by atoms with E-state index in [4.69, 9.17) is 26.3 Å². The number of carboxylic acid groups (broad SMARTS) is 1. The van der Waals surface area contributed by atoms with Crippen LogP contribution in [0.3, 0.4) is 0 Å². The summed E-state index contributed by atoms with van der Waals surface area (Å²) in [6, 6.07) is 25.0. The van der Waals surface area contributed by atoms with Crippen molar-refractivity contribution in [2.75, 3.05) is 19.8 Å². The second kappa shape index (κ2) is 15.7. The maximum atomic E-state index is 11.7. The number of halogens is 1. The van der Waals surface area contributed by atoms with Crippen LogP contribution in [0.5, 0.6) is 11.5 Å². The Morgan fingerprint density at radius 1 is 0.979 bits per heavy atom. The first-order chi connectivity index (χ1) is 23.1. The van der Waals surface area contributed by atoms with Crippen LogP contribution in [-0.2, 0) is 30.9 Å². The Labute approximate surface area is 287 Å². The molecule has 0 aliphatic carbocycles. The van der Waals surface area contributed by atoms with Crippen LogP contribution in [0.15, 0.2) is 66.7 Å². The molecule has 4 aromatic carbocycles. The fourth-order valence-corrected chi connectivity index (χ4v) is 6.20. The summed E-state index contributed by atoms with van der Waals surface area (Å²) in [7, 11) is 0. The normalized spacial score (nSPS) is 13.7. The number of aliphatic hydroxyl groups excluding tert-OH is 1. The zero-order chi connectivity index (χ0) is 34.3. The van der Waals surface area contributed by atoms with Crippen molar-refractivity contribution >= 4 is 17.6 Å². The van der Waals surface area contributed by atoms with E-state index < -0.39 is 18.1 Å². The number of benzene rings is 4. The summed E-state index contributed by atoms with van der Waals surface area (Å²) >= 11 is 6.68. The molecule has 0 amide bonds. The molecule has 0 spiro atoms. The Morgan fingerprint density at radius 3 is 2.48 bits per heavy atom. The van der Waals surface area contributed by atoms with Gasteiger partial charge in [0.1, 0.15) is 23.6 Å². The van der Waals surface area contributed by atoms with Gasteiger partial charge in [-0.05, 0) is 102 Å². The van der Waals surface area contributed by atoms with E-state index >= 15 is 0 Å². The number of hydrogen-bond donors (Lipinski definition) is 4. The maximum absolute atomic E-state index is 11.7. The van der Waals surface area contributed by atoms with Crippen molar-refractivity contribution in [3.8, 4) is 39.8 Å². The number of nitrogens with zero attached hydrogens (tertiary/aromatic N) is 1. The Morgan fingerprint density at radius 2 is 1.73 bits per heavy atom. The van der Waals surface area contributed by atoms with Gasteiger partial charge in [0, 0.05) is 31.1 Å². The van der Waals surface area contributed by atoms with Gasteiger partial charge in [0.15, 0.2) is 0 Å². The molecule has 1 unspecified atom stereocenters. The van der Waals surface area contributed by atoms with Crippen LogP contribution in [0.2, 0.25) is 5.02 Å². The number of nitriles is 1. The van der Waals surface area contributed by atoms with Crippen LogP contribution >= 0.6 is 11.6 Å². The number of carbonyl (C=O) groups is 1. The largest absolute Gasteiger partial charge is 0.493 e. The molecule has 0 saturated carbocycles. The number of aliphatic carboxylic acids is 1. The summed E-state index contributed by atoms with van der Waals surface area (Å²) in [5.74, 6) is -0.298. The van der Waals surface area contributed by atoms with E-state index in [0.717, 1.165) is 36.2 Å². The molecule has 48 heavy (non-hydrogen) atoms. The third-order valence-electron chi connectivity index (χ3n) is 9.12. The van der Waals surface area contributed by atoms with Crippen molar-refractivity contribution in [2.24, 2.45) is 0 Å². The zero-order valence-corrected chi connectivity index (χ0v) is 28.4. The van der Waals surface area contributed by atoms with Crippen molar-refractivity contribution in [3.05, 3.63) is 105 Å². The quantitative estimate of drug-likeness (QED) is 0.105. The number of nitrogens with one attached hydrogen (secondary N) is 2. The summed E-state index contributed by atoms with van der Waals surface area (Å²) in [5.41, 5.74) is 9.91. The molecule has 0 bridgehead atoms. The number of unbranched alkanes of at least 4 members (excludes halogenated alkanes) is 1. The molecule has 1 heterocycles. The summed E-state index contributed by atoms with van der Waals surface area (Å²) in [6.45, 7) is 7.65. The van der Waals surface area contributed by atoms with Crippen LogP contribution in [0.4, 0.5) is 0 Å². The molecule has 1 aliphatic heterocycles. The lowest BCUT2D eigenvalue weighted by molar-refractivity contribution is -0.145. The van der Waals surface area contributed by atoms with Gasteiger partial charge in [-0.3, -0.25) is 10.1 Å². The monoisotopic (exact) mass is 667 g/mol. The van der Waals surface area contributed by atoms with Gasteiger partial charge in [0.05, 0.1) is 24.3 Å². The van der Waals surface area contributed by atoms with Crippen molar-refractivity contribution in [3.63, 3.8) is 0 Å². The second-order valence-corrected chi connectivity index (χ2v) is 12.8. The molecule has 4 aromatic rings. The van der Waals surface area contributed by atoms with E-state index in [1.54, 1.807) is 12.1 Å². The molecule has 9 heteroatoms. The van der Waals surface area contributed by atoms with E-state index in [2.05, 4.69) is 73.0 Å². The molecule has 1 atom stereocenters. The molecule has 5 rings (SSSR count). The fourth-order valence-electron chi connectivity index (χ4n) is 5.96. The standard InChI is InChI=1S/C39H42ClN3O5/c1-25-29(8-6-10-33(25)34-11-7-9-32(26(34)2)28-13-12-27-14-16-42-21-30(27)18-28)23-48-37-20-36(47-17-5-4-15-41)31(19-35(37)40)22-43-39(3,24-44)38(45)46/h6-13,18-20,42-44H,4-5,14,16-17,21-24H2,1-3H3,(H,45,46). The lowest BCUT2D eigenvalue weighted by Crippen LogP contribution is -2.52. The highest BCUT2D eigenvalue weighted by Gasteiger charge is 2.32. The number of carboxylic acids is 1. The van der Waals surface area contributed by atoms with Crippen molar-refractivity contribution in [2.45, 2.75) is 65.3 Å². The summed E-state index contributed by atoms with van der Waals surface area (Å²) in [6.07, 6.45) is 1.93. The highest BCUT2D eigenvalue weighted by Crippen LogP contribution is 2.37. The predicted octanol–water partition coefficient (Wildman–Crippen LogP) is 7.12. The number of aliphatic hydroxyl groups is 1. The van der Waals surface area contributed by atoms with E-state index in [0.29, 0.717) is 41.5 Å². The first kappa shape index (κ1) is 34.9. The van der Waals surface area contributed by atoms with Crippen LogP contribution in [0.25, 0.3) is 22.3 Å². The first-order valence-electron chi connectivity index (χ1n) is 16.2. The average molecular weight is 668 g/mol. The van der Waals surface area contributed by atoms with E-state index in [-0.39, 0.29) is 13.2 Å². The van der Waals surface area contributed by atoms with Gasteiger partial charge < -0.3 is 25.0 Å². The number of hydrogen-bond acceptors (Lipinski definition) is 7. The molecule has 0 aromatic heterocycles. The van der Waals surface area contributed by atoms with Gasteiger partial charge in [-0.2, -0.15) is 5.26 Å². The van der Waals surface area contributed by atoms with Crippen LogP contribution < -0.4 is 20.1 Å². The Balaban J connectivity index is 1.38. The lowest BCUT2D eigenvalue weighted by Gasteiger charge is -2.25. The molecule has 4 N–H and O–H groups in total. The smallest absolute Gasteiger partial charge is 0.326 e. The topological polar surface area (TPSA) is 124 Å². The number of fused-ring (bicyclic) bond motifs is 1. The van der Waals surface area contributed by atoms with Crippen molar-refractivity contribution < 1.29 is 24.5 Å². The fraction of sp³-hybridized carbons (Fsp3) is 0.333. The number of rotatable bonds is 14. The molecule has 0 saturated heterocycles. The Hall–Kier alpha value is -4.39. The van der Waals surface area contributed by atoms with Crippen LogP contribution in [0, 0.1) is 25.2 Å². The lowest BCUT2D eigenvalue weighted by atomic mass is 9.88. The van der Waals surface area contributed by atoms with E-state index in [1.165, 1.54) is 40.3 Å². The third-order valence-corrected chi connectivity index (χ3v) is 9.42. The first-order valence-corrected chi connectivity index (χ1v) is 16.6. The van der Waals surface area contributed by atoms with Crippen LogP contribution in [-0.4, -0.2) is 41.5 Å². The van der Waals surface area contributed by atoms with Crippen LogP contribution in [0.1, 0.15) is 53.1 Å². The van der Waals surface area contributed by atoms with Gasteiger partial charge in [-0.1, -0.05) is 60.1 Å². The highest BCUT2D eigenvalue weighted by molar-refractivity contribution is 6.32. The molecular weight excluding hydrogens is 626 g/mol. The summed E-state index contributed by atoms with van der Waals surface area (Å²) in [5, 5.41) is 34.9. The van der Waals surface area contributed by atoms with E-state index in [1.807, 2.05) is 12.1 Å². The maximum Gasteiger partial charge on any atom is 0.326 e. The van der Waals surface area contributed by atoms with Gasteiger partial charge in [-0.15, -0.1) is 0 Å². The molecule has 250 valence electrons. The van der Waals surface area contributed by atoms with Gasteiger partial charge in [0.25, 0.3) is 0 Å². The molecule has 0 fully saturated rings. The second-order valence-electron chi connectivity index (χ2n) is 12.4. The SMILES string of the molecule is Cc1c(COc2cc(OCCCC#N)c(CNC(C)(CO)C(=O)O)cc2Cl)cccc1-c1cccc(-c2ccc3c(c2)CNCC3)c1C.